The number of aliphatic hydroxyl groups excluding tert-OH is 2. The molecule has 0 saturated heterocycles. The van der Waals surface area contributed by atoms with Crippen LogP contribution in [0.2, 0.25) is 0 Å². The van der Waals surface area contributed by atoms with Crippen LogP contribution in [0.5, 0.6) is 11.5 Å². The quantitative estimate of drug-likeness (QED) is 0.265. The molecule has 25 heavy (non-hydrogen) atoms. The van der Waals surface area contributed by atoms with Gasteiger partial charge in [-0.1, -0.05) is 18.2 Å². The minimum atomic E-state index is -0.657. The zero-order valence-electron chi connectivity index (χ0n) is 15.2. The normalized spacial score (nSPS) is 11.6. The SMILES string of the molecule is C=CCNC=O.COc1ccccc1OCC(O)CNC(C)(C)CO. The predicted molar refractivity (Wildman–Crippen MR) is 97.9 cm³/mol. The zero-order chi connectivity index (χ0) is 19.1. The molecule has 1 atom stereocenters. The van der Waals surface area contributed by atoms with E-state index in [4.69, 9.17) is 14.6 Å². The van der Waals surface area contributed by atoms with Crippen LogP contribution in [0.25, 0.3) is 0 Å². The van der Waals surface area contributed by atoms with Gasteiger partial charge in [-0.15, -0.1) is 6.58 Å². The van der Waals surface area contributed by atoms with E-state index in [1.54, 1.807) is 25.3 Å². The van der Waals surface area contributed by atoms with Crippen molar-refractivity contribution in [3.8, 4) is 11.5 Å². The molecule has 1 amide bonds. The summed E-state index contributed by atoms with van der Waals surface area (Å²) in [6, 6.07) is 7.29. The average molecular weight is 354 g/mol. The molecule has 4 N–H and O–H groups in total. The molecule has 0 aliphatic heterocycles. The molecule has 7 nitrogen and oxygen atoms in total. The summed E-state index contributed by atoms with van der Waals surface area (Å²) in [5.74, 6) is 1.24. The largest absolute Gasteiger partial charge is 0.493 e. The zero-order valence-corrected chi connectivity index (χ0v) is 15.2. The highest BCUT2D eigenvalue weighted by molar-refractivity contribution is 5.46. The topological polar surface area (TPSA) is 100 Å². The first-order chi connectivity index (χ1) is 11.9. The van der Waals surface area contributed by atoms with E-state index in [0.29, 0.717) is 31.0 Å². The maximum Gasteiger partial charge on any atom is 0.207 e. The first-order valence-electron chi connectivity index (χ1n) is 7.97. The first kappa shape index (κ1) is 22.9. The van der Waals surface area contributed by atoms with Gasteiger partial charge in [-0.2, -0.15) is 0 Å². The van der Waals surface area contributed by atoms with Crippen molar-refractivity contribution in [1.29, 1.82) is 0 Å². The Morgan fingerprint density at radius 3 is 2.44 bits per heavy atom. The summed E-state index contributed by atoms with van der Waals surface area (Å²) in [6.07, 6.45) is 1.60. The molecule has 0 aliphatic carbocycles. The monoisotopic (exact) mass is 354 g/mol. The Balaban J connectivity index is 0.000000823. The molecule has 0 aliphatic rings. The highest BCUT2D eigenvalue weighted by atomic mass is 16.5. The molecule has 142 valence electrons. The third-order valence-electron chi connectivity index (χ3n) is 3.06. The summed E-state index contributed by atoms with van der Waals surface area (Å²) in [5.41, 5.74) is -0.411. The van der Waals surface area contributed by atoms with Crippen molar-refractivity contribution in [3.63, 3.8) is 0 Å². The van der Waals surface area contributed by atoms with Crippen LogP contribution < -0.4 is 20.1 Å². The molecular formula is C18H30N2O5. The number of nitrogens with one attached hydrogen (secondary N) is 2. The average Bonchev–Trinajstić information content (AvgIpc) is 2.63. The van der Waals surface area contributed by atoms with Crippen LogP contribution in [-0.4, -0.2) is 61.7 Å². The molecule has 0 saturated carbocycles. The number of rotatable bonds is 11. The molecule has 0 spiro atoms. The molecular weight excluding hydrogens is 324 g/mol. The van der Waals surface area contributed by atoms with E-state index in [0.717, 1.165) is 0 Å². The number of carbonyl (C=O) groups is 1. The Morgan fingerprint density at radius 2 is 1.96 bits per heavy atom. The number of methoxy groups -OCH3 is 1. The van der Waals surface area contributed by atoms with Gasteiger partial charge in [-0.05, 0) is 26.0 Å². The van der Waals surface area contributed by atoms with Gasteiger partial charge in [-0.3, -0.25) is 4.79 Å². The van der Waals surface area contributed by atoms with Crippen molar-refractivity contribution in [2.24, 2.45) is 0 Å². The van der Waals surface area contributed by atoms with Crippen LogP contribution in [0, 0.1) is 0 Å². The molecule has 1 rings (SSSR count). The van der Waals surface area contributed by atoms with E-state index in [9.17, 15) is 9.90 Å². The summed E-state index contributed by atoms with van der Waals surface area (Å²) >= 11 is 0. The molecule has 0 bridgehead atoms. The number of hydrogen-bond acceptors (Lipinski definition) is 6. The molecule has 0 aromatic heterocycles. The first-order valence-corrected chi connectivity index (χ1v) is 7.97. The molecule has 7 heteroatoms. The van der Waals surface area contributed by atoms with Crippen molar-refractivity contribution in [3.05, 3.63) is 36.9 Å². The lowest BCUT2D eigenvalue weighted by atomic mass is 10.1. The number of carbonyl (C=O) groups excluding carboxylic acids is 1. The van der Waals surface area contributed by atoms with Crippen molar-refractivity contribution in [2.75, 3.05) is 33.4 Å². The Kier molecular flexibility index (Phi) is 12.1. The fraction of sp³-hybridized carbons (Fsp3) is 0.500. The lowest BCUT2D eigenvalue weighted by Gasteiger charge is -2.25. The summed E-state index contributed by atoms with van der Waals surface area (Å²) in [6.45, 7) is 8.18. The van der Waals surface area contributed by atoms with Crippen molar-refractivity contribution in [1.82, 2.24) is 10.6 Å². The maximum atomic E-state index is 9.82. The summed E-state index contributed by atoms with van der Waals surface area (Å²) in [5, 5.41) is 24.4. The molecule has 1 unspecified atom stereocenters. The fourth-order valence-corrected chi connectivity index (χ4v) is 1.56. The lowest BCUT2D eigenvalue weighted by Crippen LogP contribution is -2.47. The van der Waals surface area contributed by atoms with E-state index >= 15 is 0 Å². The van der Waals surface area contributed by atoms with Crippen molar-refractivity contribution in [2.45, 2.75) is 25.5 Å². The molecule has 1 aromatic rings. The van der Waals surface area contributed by atoms with Crippen LogP contribution in [0.15, 0.2) is 36.9 Å². The maximum absolute atomic E-state index is 9.82. The van der Waals surface area contributed by atoms with Gasteiger partial charge in [0.15, 0.2) is 11.5 Å². The number of aliphatic hydroxyl groups is 2. The predicted octanol–water partition coefficient (Wildman–Crippen LogP) is 0.714. The molecule has 0 fully saturated rings. The Morgan fingerprint density at radius 1 is 1.32 bits per heavy atom. The Hall–Kier alpha value is -2.09. The van der Waals surface area contributed by atoms with Crippen LogP contribution in [-0.2, 0) is 4.79 Å². The van der Waals surface area contributed by atoms with Gasteiger partial charge in [0.05, 0.1) is 13.7 Å². The summed E-state index contributed by atoms with van der Waals surface area (Å²) < 4.78 is 10.7. The van der Waals surface area contributed by atoms with Gasteiger partial charge in [-0.25, -0.2) is 0 Å². The molecule has 0 radical (unpaired) electrons. The second-order valence-corrected chi connectivity index (χ2v) is 5.85. The van der Waals surface area contributed by atoms with Gasteiger partial charge in [0, 0.05) is 18.6 Å². The number of hydrogen-bond donors (Lipinski definition) is 4. The van der Waals surface area contributed by atoms with Gasteiger partial charge >= 0.3 is 0 Å². The van der Waals surface area contributed by atoms with E-state index in [1.807, 2.05) is 26.0 Å². The van der Waals surface area contributed by atoms with E-state index < -0.39 is 11.6 Å². The van der Waals surface area contributed by atoms with Crippen LogP contribution in [0.1, 0.15) is 13.8 Å². The van der Waals surface area contributed by atoms with Crippen LogP contribution in [0.4, 0.5) is 0 Å². The molecule has 0 heterocycles. The van der Waals surface area contributed by atoms with Gasteiger partial charge in [0.1, 0.15) is 12.7 Å². The van der Waals surface area contributed by atoms with Crippen molar-refractivity contribution < 1.29 is 24.5 Å². The van der Waals surface area contributed by atoms with Crippen molar-refractivity contribution >= 4 is 6.41 Å². The van der Waals surface area contributed by atoms with Crippen LogP contribution >= 0.6 is 0 Å². The highest BCUT2D eigenvalue weighted by Gasteiger charge is 2.17. The van der Waals surface area contributed by atoms with E-state index in [1.165, 1.54) is 0 Å². The minimum absolute atomic E-state index is 0.00703. The standard InChI is InChI=1S/C14H23NO4.C4H7NO/c1-14(2,10-16)15-8-11(17)9-19-13-7-5-4-6-12(13)18-3;1-2-3-5-4-6/h4-7,11,15-17H,8-10H2,1-3H3;2,4H,1,3H2,(H,5,6). The smallest absolute Gasteiger partial charge is 0.207 e. The van der Waals surface area contributed by atoms with E-state index in [2.05, 4.69) is 17.2 Å². The third kappa shape index (κ3) is 11.1. The number of β-amino-alcohol motifs (C(OH)–C–C–N with tert-alkyl or cyclic N) is 1. The Bertz CT molecular complexity index is 486. The van der Waals surface area contributed by atoms with Gasteiger partial charge < -0.3 is 30.3 Å². The molecule has 1 aromatic carbocycles. The number of ether oxygens (including phenoxy) is 2. The van der Waals surface area contributed by atoms with Gasteiger partial charge in [0.25, 0.3) is 0 Å². The Labute approximate surface area is 149 Å². The van der Waals surface area contributed by atoms with E-state index in [-0.39, 0.29) is 13.2 Å². The number of para-hydroxylation sites is 2. The lowest BCUT2D eigenvalue weighted by molar-refractivity contribution is -0.109. The fourth-order valence-electron chi connectivity index (χ4n) is 1.56. The van der Waals surface area contributed by atoms with Crippen LogP contribution in [0.3, 0.4) is 0 Å². The minimum Gasteiger partial charge on any atom is -0.493 e. The second kappa shape index (κ2) is 13.2. The second-order valence-electron chi connectivity index (χ2n) is 5.85. The number of amides is 1. The van der Waals surface area contributed by atoms with Gasteiger partial charge in [0.2, 0.25) is 6.41 Å². The number of benzene rings is 1. The third-order valence-corrected chi connectivity index (χ3v) is 3.06. The summed E-state index contributed by atoms with van der Waals surface area (Å²) in [4.78, 5) is 9.40. The summed E-state index contributed by atoms with van der Waals surface area (Å²) in [7, 11) is 1.57. The highest BCUT2D eigenvalue weighted by Crippen LogP contribution is 2.25.